The Morgan fingerprint density at radius 1 is 0.875 bits per heavy atom. The summed E-state index contributed by atoms with van der Waals surface area (Å²) in [5, 5.41) is 26.3. The zero-order chi connectivity index (χ0) is 35.5. The molecule has 0 spiro atoms. The molecule has 2 aliphatic heterocycles. The predicted octanol–water partition coefficient (Wildman–Crippen LogP) is -2.01. The second-order valence-corrected chi connectivity index (χ2v) is 12.6. The molecule has 0 aromatic heterocycles. The largest absolute Gasteiger partial charge is 0.480 e. The summed E-state index contributed by atoms with van der Waals surface area (Å²) < 4.78 is 0. The van der Waals surface area contributed by atoms with E-state index in [4.69, 9.17) is 11.5 Å². The standard InChI is InChI=1S/C32H47N7O9/c1-18(2)26(32(47)48)37-28(43)22(17-40)36-27(42)21(12-13-25(34)41)35-29(44)23-10-6-14-38(23)31(46)24-11-7-15-39(24)30(45)20(33)16-19-8-4-3-5-9-19/h3-5,8-9,18,20-24,26,40H,6-7,10-17,33H2,1-2H3,(H2,34,41)(H,35,44)(H,36,42)(H,37,43)(H,47,48)/t20-,21-,22-,23-,24-,26-/m0/s1. The summed E-state index contributed by atoms with van der Waals surface area (Å²) in [7, 11) is 0. The fourth-order valence-electron chi connectivity index (χ4n) is 6.01. The van der Waals surface area contributed by atoms with Crippen LogP contribution in [0.25, 0.3) is 0 Å². The third kappa shape index (κ3) is 9.97. The van der Waals surface area contributed by atoms with Crippen molar-refractivity contribution in [3.8, 4) is 0 Å². The average Bonchev–Trinajstić information content (AvgIpc) is 3.74. The van der Waals surface area contributed by atoms with E-state index in [2.05, 4.69) is 16.0 Å². The van der Waals surface area contributed by atoms with Crippen molar-refractivity contribution < 1.29 is 43.8 Å². The monoisotopic (exact) mass is 673 g/mol. The number of hydrogen-bond acceptors (Lipinski definition) is 9. The van der Waals surface area contributed by atoms with Crippen LogP contribution < -0.4 is 27.4 Å². The Labute approximate surface area is 278 Å². The van der Waals surface area contributed by atoms with Crippen LogP contribution in [0.4, 0.5) is 0 Å². The maximum atomic E-state index is 13.8. The topological polar surface area (TPSA) is 255 Å². The highest BCUT2D eigenvalue weighted by Crippen LogP contribution is 2.26. The molecular weight excluding hydrogens is 626 g/mol. The minimum Gasteiger partial charge on any atom is -0.480 e. The molecule has 6 atom stereocenters. The predicted molar refractivity (Wildman–Crippen MR) is 171 cm³/mol. The Morgan fingerprint density at radius 3 is 2.06 bits per heavy atom. The summed E-state index contributed by atoms with van der Waals surface area (Å²) >= 11 is 0. The number of likely N-dealkylation sites (tertiary alicyclic amines) is 2. The van der Waals surface area contributed by atoms with Crippen LogP contribution in [0.3, 0.4) is 0 Å². The van der Waals surface area contributed by atoms with Gasteiger partial charge in [-0.05, 0) is 50.0 Å². The third-order valence-corrected chi connectivity index (χ3v) is 8.63. The van der Waals surface area contributed by atoms with E-state index in [0.29, 0.717) is 32.2 Å². The zero-order valence-corrected chi connectivity index (χ0v) is 27.3. The third-order valence-electron chi connectivity index (χ3n) is 8.63. The number of primary amides is 1. The number of nitrogens with zero attached hydrogens (tertiary/aromatic N) is 2. The number of carboxylic acid groups (broad SMARTS) is 1. The minimum atomic E-state index is -1.56. The van der Waals surface area contributed by atoms with Gasteiger partial charge in [-0.2, -0.15) is 0 Å². The van der Waals surface area contributed by atoms with E-state index < -0.39 is 84.3 Å². The SMILES string of the molecule is CC(C)[C@H](NC(=O)[C@H](CO)NC(=O)[C@H](CCC(N)=O)NC(=O)[C@@H]1CCCN1C(=O)[C@@H]1CCCN1C(=O)[C@@H](N)Cc1ccccc1)C(=O)O. The van der Waals surface area contributed by atoms with E-state index in [1.165, 1.54) is 9.80 Å². The van der Waals surface area contributed by atoms with Crippen molar-refractivity contribution in [1.82, 2.24) is 25.8 Å². The summed E-state index contributed by atoms with van der Waals surface area (Å²) in [5.74, 6) is -5.89. The van der Waals surface area contributed by atoms with Gasteiger partial charge in [-0.25, -0.2) is 4.79 Å². The van der Waals surface area contributed by atoms with Gasteiger partial charge in [0, 0.05) is 19.5 Å². The van der Waals surface area contributed by atoms with Gasteiger partial charge in [0.1, 0.15) is 30.2 Å². The molecule has 264 valence electrons. The van der Waals surface area contributed by atoms with Crippen molar-refractivity contribution >= 4 is 41.4 Å². The van der Waals surface area contributed by atoms with Crippen LogP contribution >= 0.6 is 0 Å². The number of nitrogens with two attached hydrogens (primary N) is 2. The Kier molecular flexibility index (Phi) is 13.8. The van der Waals surface area contributed by atoms with Crippen LogP contribution in [-0.4, -0.2) is 117 Å². The first kappa shape index (κ1) is 37.9. The highest BCUT2D eigenvalue weighted by molar-refractivity contribution is 5.97. The number of benzene rings is 1. The maximum absolute atomic E-state index is 13.8. The lowest BCUT2D eigenvalue weighted by Gasteiger charge is -2.32. The molecular formula is C32H47N7O9. The van der Waals surface area contributed by atoms with Crippen LogP contribution in [0.2, 0.25) is 0 Å². The first-order valence-electron chi connectivity index (χ1n) is 16.2. The number of nitrogens with one attached hydrogen (secondary N) is 3. The summed E-state index contributed by atoms with van der Waals surface area (Å²) in [6, 6.07) is 2.43. The first-order chi connectivity index (χ1) is 22.7. The Bertz CT molecular complexity index is 1340. The van der Waals surface area contributed by atoms with Gasteiger partial charge in [0.15, 0.2) is 0 Å². The number of amides is 6. The highest BCUT2D eigenvalue weighted by Gasteiger charge is 2.43. The van der Waals surface area contributed by atoms with Gasteiger partial charge in [-0.3, -0.25) is 28.8 Å². The number of carbonyl (C=O) groups excluding carboxylic acids is 6. The summed E-state index contributed by atoms with van der Waals surface area (Å²) in [6.45, 7) is 2.86. The number of carboxylic acids is 1. The van der Waals surface area contributed by atoms with Gasteiger partial charge in [0.2, 0.25) is 35.4 Å². The fraction of sp³-hybridized carbons (Fsp3) is 0.594. The van der Waals surface area contributed by atoms with Crippen LogP contribution in [0.1, 0.15) is 57.9 Å². The molecule has 6 amide bonds. The average molecular weight is 674 g/mol. The second-order valence-electron chi connectivity index (χ2n) is 12.6. The molecule has 9 N–H and O–H groups in total. The highest BCUT2D eigenvalue weighted by atomic mass is 16.4. The van der Waals surface area contributed by atoms with Gasteiger partial charge in [0.25, 0.3) is 0 Å². The van der Waals surface area contributed by atoms with Crippen LogP contribution in [0.15, 0.2) is 30.3 Å². The number of aliphatic carboxylic acids is 1. The quantitative estimate of drug-likeness (QED) is 0.101. The summed E-state index contributed by atoms with van der Waals surface area (Å²) in [5.41, 5.74) is 12.4. The molecule has 2 aliphatic rings. The Morgan fingerprint density at radius 2 is 1.48 bits per heavy atom. The molecule has 0 radical (unpaired) electrons. The number of aliphatic hydroxyl groups is 1. The fourth-order valence-corrected chi connectivity index (χ4v) is 6.01. The maximum Gasteiger partial charge on any atom is 0.326 e. The van der Waals surface area contributed by atoms with E-state index in [1.54, 1.807) is 13.8 Å². The van der Waals surface area contributed by atoms with Gasteiger partial charge < -0.3 is 47.4 Å². The lowest BCUT2D eigenvalue weighted by molar-refractivity contribution is -0.147. The number of hydrogen-bond donors (Lipinski definition) is 7. The molecule has 16 heteroatoms. The lowest BCUT2D eigenvalue weighted by Crippen LogP contribution is -2.59. The van der Waals surface area contributed by atoms with Crippen molar-refractivity contribution in [2.45, 2.75) is 95.0 Å². The van der Waals surface area contributed by atoms with Crippen molar-refractivity contribution in [2.75, 3.05) is 19.7 Å². The molecule has 0 saturated carbocycles. The molecule has 2 fully saturated rings. The number of rotatable bonds is 16. The molecule has 48 heavy (non-hydrogen) atoms. The number of aliphatic hydroxyl groups excluding tert-OH is 1. The van der Waals surface area contributed by atoms with Gasteiger partial charge in [-0.15, -0.1) is 0 Å². The molecule has 0 aliphatic carbocycles. The van der Waals surface area contributed by atoms with Crippen LogP contribution in [-0.2, 0) is 40.0 Å². The van der Waals surface area contributed by atoms with Crippen molar-refractivity contribution in [3.05, 3.63) is 35.9 Å². The van der Waals surface area contributed by atoms with Crippen LogP contribution in [0.5, 0.6) is 0 Å². The molecule has 3 rings (SSSR count). The molecule has 2 heterocycles. The molecule has 16 nitrogen and oxygen atoms in total. The van der Waals surface area contributed by atoms with Crippen molar-refractivity contribution in [2.24, 2.45) is 17.4 Å². The van der Waals surface area contributed by atoms with E-state index >= 15 is 0 Å². The molecule has 1 aromatic carbocycles. The van der Waals surface area contributed by atoms with Gasteiger partial charge >= 0.3 is 5.97 Å². The first-order valence-corrected chi connectivity index (χ1v) is 16.2. The molecule has 0 unspecified atom stereocenters. The lowest BCUT2D eigenvalue weighted by atomic mass is 10.0. The Hall–Kier alpha value is -4.57. The minimum absolute atomic E-state index is 0.247. The van der Waals surface area contributed by atoms with Gasteiger partial charge in [0.05, 0.1) is 12.6 Å². The van der Waals surface area contributed by atoms with E-state index in [9.17, 15) is 43.8 Å². The van der Waals surface area contributed by atoms with Crippen molar-refractivity contribution in [1.29, 1.82) is 0 Å². The van der Waals surface area contributed by atoms with E-state index in [0.717, 1.165) is 5.56 Å². The molecule has 1 aromatic rings. The summed E-state index contributed by atoms with van der Waals surface area (Å²) in [6.07, 6.45) is 1.51. The van der Waals surface area contributed by atoms with Crippen molar-refractivity contribution in [3.63, 3.8) is 0 Å². The molecule has 0 bridgehead atoms. The number of carbonyl (C=O) groups is 7. The normalized spacial score (nSPS) is 20.0. The van der Waals surface area contributed by atoms with Gasteiger partial charge in [-0.1, -0.05) is 44.2 Å². The Balaban J connectivity index is 1.69. The second kappa shape index (κ2) is 17.5. The molecule has 2 saturated heterocycles. The smallest absolute Gasteiger partial charge is 0.326 e. The van der Waals surface area contributed by atoms with E-state index in [-0.39, 0.29) is 31.7 Å². The van der Waals surface area contributed by atoms with E-state index in [1.807, 2.05) is 30.3 Å². The zero-order valence-electron chi connectivity index (χ0n) is 27.3. The summed E-state index contributed by atoms with van der Waals surface area (Å²) in [4.78, 5) is 92.5. The van der Waals surface area contributed by atoms with Crippen LogP contribution in [0, 0.1) is 5.92 Å².